The standard InChI is InChI=1S/C19H32N4OS/c1-4-20-19(22-16-11-15-7-8-18(16)24-15)21-12-17(23(5-2)6-3)14-9-10-25-13-14/h9-10,13,15-18H,4-8,11-12H2,1-3H3,(H2,20,21,22). The maximum atomic E-state index is 5.97. The maximum Gasteiger partial charge on any atom is 0.191 e. The van der Waals surface area contributed by atoms with Crippen LogP contribution in [0.2, 0.25) is 0 Å². The smallest absolute Gasteiger partial charge is 0.191 e. The molecule has 0 aliphatic carbocycles. The highest BCUT2D eigenvalue weighted by Gasteiger charge is 2.41. The van der Waals surface area contributed by atoms with Gasteiger partial charge >= 0.3 is 0 Å². The Morgan fingerprint density at radius 1 is 1.36 bits per heavy atom. The lowest BCUT2D eigenvalue weighted by atomic mass is 9.96. The van der Waals surface area contributed by atoms with Gasteiger partial charge in [-0.25, -0.2) is 0 Å². The predicted molar refractivity (Wildman–Crippen MR) is 105 cm³/mol. The van der Waals surface area contributed by atoms with Gasteiger partial charge in [0.05, 0.1) is 30.8 Å². The summed E-state index contributed by atoms with van der Waals surface area (Å²) in [6, 6.07) is 2.98. The number of thiophene rings is 1. The van der Waals surface area contributed by atoms with E-state index in [0.717, 1.165) is 38.6 Å². The Hall–Kier alpha value is -1.11. The number of ether oxygens (including phenoxy) is 1. The lowest BCUT2D eigenvalue weighted by Gasteiger charge is -2.29. The second kappa shape index (κ2) is 9.01. The summed E-state index contributed by atoms with van der Waals surface area (Å²) in [7, 11) is 0. The largest absolute Gasteiger partial charge is 0.373 e. The summed E-state index contributed by atoms with van der Waals surface area (Å²) < 4.78 is 5.97. The molecule has 2 fully saturated rings. The van der Waals surface area contributed by atoms with Gasteiger partial charge in [-0.1, -0.05) is 13.8 Å². The molecule has 0 radical (unpaired) electrons. The number of nitrogens with one attached hydrogen (secondary N) is 2. The van der Waals surface area contributed by atoms with Crippen molar-refractivity contribution in [1.82, 2.24) is 15.5 Å². The molecular formula is C19H32N4OS. The molecule has 6 heteroatoms. The molecule has 2 aliphatic rings. The molecule has 2 bridgehead atoms. The summed E-state index contributed by atoms with van der Waals surface area (Å²) in [5.41, 5.74) is 1.37. The molecule has 3 rings (SSSR count). The number of hydrogen-bond donors (Lipinski definition) is 2. The fourth-order valence-corrected chi connectivity index (χ4v) is 4.73. The molecule has 0 amide bonds. The Morgan fingerprint density at radius 3 is 2.76 bits per heavy atom. The fraction of sp³-hybridized carbons (Fsp3) is 0.737. The Balaban J connectivity index is 1.67. The van der Waals surface area contributed by atoms with Gasteiger partial charge in [-0.05, 0) is 61.7 Å². The van der Waals surface area contributed by atoms with Crippen molar-refractivity contribution in [1.29, 1.82) is 0 Å². The third kappa shape index (κ3) is 4.54. The third-order valence-corrected chi connectivity index (χ3v) is 6.08. The van der Waals surface area contributed by atoms with E-state index in [4.69, 9.17) is 9.73 Å². The highest BCUT2D eigenvalue weighted by Crippen LogP contribution is 2.34. The quantitative estimate of drug-likeness (QED) is 0.550. The van der Waals surface area contributed by atoms with Gasteiger partial charge in [0.15, 0.2) is 5.96 Å². The highest BCUT2D eigenvalue weighted by molar-refractivity contribution is 7.07. The number of likely N-dealkylation sites (N-methyl/N-ethyl adjacent to an activating group) is 1. The van der Waals surface area contributed by atoms with E-state index in [-0.39, 0.29) is 0 Å². The first-order chi connectivity index (χ1) is 12.2. The zero-order valence-corrected chi connectivity index (χ0v) is 16.5. The maximum absolute atomic E-state index is 5.97. The van der Waals surface area contributed by atoms with Crippen molar-refractivity contribution >= 4 is 17.3 Å². The van der Waals surface area contributed by atoms with Crippen LogP contribution in [-0.2, 0) is 4.74 Å². The summed E-state index contributed by atoms with van der Waals surface area (Å²) in [5, 5.41) is 11.4. The minimum absolute atomic E-state index is 0.341. The zero-order valence-electron chi connectivity index (χ0n) is 15.7. The van der Waals surface area contributed by atoms with Crippen LogP contribution in [-0.4, -0.2) is 55.3 Å². The van der Waals surface area contributed by atoms with Gasteiger partial charge in [-0.2, -0.15) is 11.3 Å². The molecule has 1 aromatic rings. The van der Waals surface area contributed by atoms with Crippen LogP contribution in [0.4, 0.5) is 0 Å². The Morgan fingerprint density at radius 2 is 2.20 bits per heavy atom. The molecule has 4 atom stereocenters. The molecule has 0 aromatic carbocycles. The van der Waals surface area contributed by atoms with Gasteiger partial charge < -0.3 is 15.4 Å². The molecule has 4 unspecified atom stereocenters. The molecular weight excluding hydrogens is 332 g/mol. The second-order valence-corrected chi connectivity index (χ2v) is 7.65. The first-order valence-electron chi connectivity index (χ1n) is 9.71. The summed E-state index contributed by atoms with van der Waals surface area (Å²) in [6.07, 6.45) is 4.33. The molecule has 140 valence electrons. The lowest BCUT2D eigenvalue weighted by molar-refractivity contribution is 0.0992. The van der Waals surface area contributed by atoms with Crippen molar-refractivity contribution in [2.45, 2.75) is 64.3 Å². The average Bonchev–Trinajstić information content (AvgIpc) is 3.36. The van der Waals surface area contributed by atoms with E-state index in [1.54, 1.807) is 11.3 Å². The number of fused-ring (bicyclic) bond motifs is 2. The molecule has 2 N–H and O–H groups in total. The van der Waals surface area contributed by atoms with E-state index in [9.17, 15) is 0 Å². The van der Waals surface area contributed by atoms with Crippen molar-refractivity contribution < 1.29 is 4.74 Å². The predicted octanol–water partition coefficient (Wildman–Crippen LogP) is 3.01. The van der Waals surface area contributed by atoms with E-state index >= 15 is 0 Å². The average molecular weight is 365 g/mol. The van der Waals surface area contributed by atoms with Crippen LogP contribution < -0.4 is 10.6 Å². The van der Waals surface area contributed by atoms with Gasteiger partial charge in [-0.15, -0.1) is 0 Å². The van der Waals surface area contributed by atoms with Gasteiger partial charge in [0.2, 0.25) is 0 Å². The van der Waals surface area contributed by atoms with Crippen molar-refractivity contribution in [2.24, 2.45) is 4.99 Å². The molecule has 2 saturated heterocycles. The van der Waals surface area contributed by atoms with Gasteiger partial charge in [0, 0.05) is 6.54 Å². The number of aliphatic imine (C=N–C) groups is 1. The van der Waals surface area contributed by atoms with Crippen LogP contribution >= 0.6 is 11.3 Å². The van der Waals surface area contributed by atoms with Gasteiger partial charge in [0.25, 0.3) is 0 Å². The van der Waals surface area contributed by atoms with Crippen LogP contribution in [0.1, 0.15) is 51.6 Å². The van der Waals surface area contributed by atoms with E-state index in [0.29, 0.717) is 24.3 Å². The summed E-state index contributed by atoms with van der Waals surface area (Å²) in [6.45, 7) is 10.3. The first kappa shape index (κ1) is 18.7. The van der Waals surface area contributed by atoms with Crippen molar-refractivity contribution in [2.75, 3.05) is 26.2 Å². The van der Waals surface area contributed by atoms with Crippen LogP contribution in [0.3, 0.4) is 0 Å². The van der Waals surface area contributed by atoms with Crippen molar-refractivity contribution in [3.8, 4) is 0 Å². The first-order valence-corrected chi connectivity index (χ1v) is 10.7. The lowest BCUT2D eigenvalue weighted by Crippen LogP contribution is -2.47. The second-order valence-electron chi connectivity index (χ2n) is 6.87. The number of hydrogen-bond acceptors (Lipinski definition) is 4. The minimum Gasteiger partial charge on any atom is -0.373 e. The Labute approximate surface area is 155 Å². The van der Waals surface area contributed by atoms with E-state index < -0.39 is 0 Å². The van der Waals surface area contributed by atoms with Crippen LogP contribution in [0.5, 0.6) is 0 Å². The van der Waals surface area contributed by atoms with Gasteiger partial charge in [-0.3, -0.25) is 9.89 Å². The van der Waals surface area contributed by atoms with E-state index in [1.165, 1.54) is 18.4 Å². The van der Waals surface area contributed by atoms with Crippen molar-refractivity contribution in [3.63, 3.8) is 0 Å². The number of nitrogens with zero attached hydrogens (tertiary/aromatic N) is 2. The van der Waals surface area contributed by atoms with Crippen LogP contribution in [0, 0.1) is 0 Å². The third-order valence-electron chi connectivity index (χ3n) is 5.38. The monoisotopic (exact) mass is 364 g/mol. The normalized spacial score (nSPS) is 27.0. The SMILES string of the molecule is CCNC(=NCC(c1ccsc1)N(CC)CC)NC1CC2CCC1O2. The zero-order chi connectivity index (χ0) is 17.6. The summed E-state index contributed by atoms with van der Waals surface area (Å²) in [5.74, 6) is 0.927. The summed E-state index contributed by atoms with van der Waals surface area (Å²) >= 11 is 1.76. The van der Waals surface area contributed by atoms with E-state index in [2.05, 4.69) is 53.1 Å². The summed E-state index contributed by atoms with van der Waals surface area (Å²) in [4.78, 5) is 7.42. The Kier molecular flexibility index (Phi) is 6.73. The van der Waals surface area contributed by atoms with Crippen LogP contribution in [0.15, 0.2) is 21.8 Å². The molecule has 0 saturated carbocycles. The molecule has 2 aliphatic heterocycles. The fourth-order valence-electron chi connectivity index (χ4n) is 4.02. The van der Waals surface area contributed by atoms with Crippen LogP contribution in [0.25, 0.3) is 0 Å². The van der Waals surface area contributed by atoms with Gasteiger partial charge in [0.1, 0.15) is 0 Å². The molecule has 25 heavy (non-hydrogen) atoms. The molecule has 1 aromatic heterocycles. The molecule has 5 nitrogen and oxygen atoms in total. The number of rotatable bonds is 8. The highest BCUT2D eigenvalue weighted by atomic mass is 32.1. The minimum atomic E-state index is 0.341. The van der Waals surface area contributed by atoms with Crippen molar-refractivity contribution in [3.05, 3.63) is 22.4 Å². The topological polar surface area (TPSA) is 48.9 Å². The van der Waals surface area contributed by atoms with E-state index in [1.807, 2.05) is 0 Å². The molecule has 3 heterocycles. The number of guanidine groups is 1. The molecule has 0 spiro atoms. The Bertz CT molecular complexity index is 544.